The van der Waals surface area contributed by atoms with Gasteiger partial charge in [0.2, 0.25) is 0 Å². The molecule has 1 aromatic carbocycles. The molecule has 0 nitrogen and oxygen atoms in total. The van der Waals surface area contributed by atoms with Gasteiger partial charge in [-0.15, -0.1) is 6.58 Å². The smallest absolute Gasteiger partial charge is 0.0115 e. The van der Waals surface area contributed by atoms with Crippen LogP contribution in [0.2, 0.25) is 0 Å². The van der Waals surface area contributed by atoms with E-state index < -0.39 is 0 Å². The van der Waals surface area contributed by atoms with Gasteiger partial charge in [0.1, 0.15) is 0 Å². The van der Waals surface area contributed by atoms with E-state index in [1.165, 1.54) is 17.6 Å². The van der Waals surface area contributed by atoms with E-state index in [2.05, 4.69) is 76.8 Å². The molecule has 0 aromatic heterocycles. The molecule has 0 aliphatic carbocycles. The summed E-state index contributed by atoms with van der Waals surface area (Å²) < 4.78 is 0. The fourth-order valence-corrected chi connectivity index (χ4v) is 2.19. The Hall–Kier alpha value is -1.30. The molecule has 0 spiro atoms. The van der Waals surface area contributed by atoms with Crippen molar-refractivity contribution in [3.63, 3.8) is 0 Å². The summed E-state index contributed by atoms with van der Waals surface area (Å²) in [7, 11) is 0. The number of benzene rings is 1. The summed E-state index contributed by atoms with van der Waals surface area (Å²) >= 11 is 0. The first-order valence-electron chi connectivity index (χ1n) is 6.78. The molecule has 1 aromatic rings. The highest BCUT2D eigenvalue weighted by atomic mass is 14.3. The largest absolute Gasteiger partial charge is 0.103 e. The van der Waals surface area contributed by atoms with Crippen molar-refractivity contribution in [1.29, 1.82) is 0 Å². The molecule has 0 N–H and O–H groups in total. The van der Waals surface area contributed by atoms with E-state index in [9.17, 15) is 0 Å². The Morgan fingerprint density at radius 1 is 1.22 bits per heavy atom. The summed E-state index contributed by atoms with van der Waals surface area (Å²) in [4.78, 5) is 0. The zero-order chi connectivity index (χ0) is 13.6. The lowest BCUT2D eigenvalue weighted by atomic mass is 9.75. The lowest BCUT2D eigenvalue weighted by Crippen LogP contribution is -2.20. The lowest BCUT2D eigenvalue weighted by molar-refractivity contribution is 0.324. The minimum Gasteiger partial charge on any atom is -0.103 e. The first-order chi connectivity index (χ1) is 8.45. The van der Waals surface area contributed by atoms with E-state index in [4.69, 9.17) is 0 Å². The van der Waals surface area contributed by atoms with Crippen LogP contribution >= 0.6 is 0 Å². The maximum absolute atomic E-state index is 3.99. The van der Waals surface area contributed by atoms with Gasteiger partial charge in [0.25, 0.3) is 0 Å². The van der Waals surface area contributed by atoms with Crippen molar-refractivity contribution in [3.8, 4) is 0 Å². The minimum atomic E-state index is 0.159. The Morgan fingerprint density at radius 3 is 2.33 bits per heavy atom. The lowest BCUT2D eigenvalue weighted by Gasteiger charge is -2.30. The molecule has 18 heavy (non-hydrogen) atoms. The van der Waals surface area contributed by atoms with Crippen LogP contribution in [0.5, 0.6) is 0 Å². The molecule has 0 radical (unpaired) electrons. The van der Waals surface area contributed by atoms with Gasteiger partial charge in [-0.1, -0.05) is 61.9 Å². The second-order valence-corrected chi connectivity index (χ2v) is 5.90. The summed E-state index contributed by atoms with van der Waals surface area (Å²) in [6.07, 6.45) is 6.79. The number of hydrogen-bond acceptors (Lipinski definition) is 0. The van der Waals surface area contributed by atoms with Crippen molar-refractivity contribution in [1.82, 2.24) is 0 Å². The maximum atomic E-state index is 3.99. The standard InChI is InChI=1S/C18H26/c1-6-18(4,5)17(14-15(2)3)13-12-16-10-8-7-9-11-16/h6-11,14,17H,1,12-13H2,2-5H3. The zero-order valence-electron chi connectivity index (χ0n) is 12.2. The molecule has 0 amide bonds. The second-order valence-electron chi connectivity index (χ2n) is 5.90. The van der Waals surface area contributed by atoms with E-state index >= 15 is 0 Å². The monoisotopic (exact) mass is 242 g/mol. The summed E-state index contributed by atoms with van der Waals surface area (Å²) in [5.74, 6) is 0.556. The molecule has 98 valence electrons. The van der Waals surface area contributed by atoms with Crippen molar-refractivity contribution in [2.45, 2.75) is 40.5 Å². The number of hydrogen-bond donors (Lipinski definition) is 0. The molecular formula is C18H26. The predicted molar refractivity (Wildman–Crippen MR) is 81.7 cm³/mol. The average molecular weight is 242 g/mol. The molecule has 0 fully saturated rings. The van der Waals surface area contributed by atoms with Gasteiger partial charge < -0.3 is 0 Å². The van der Waals surface area contributed by atoms with Gasteiger partial charge in [0.15, 0.2) is 0 Å². The average Bonchev–Trinajstić information content (AvgIpc) is 2.35. The topological polar surface area (TPSA) is 0 Å². The first-order valence-corrected chi connectivity index (χ1v) is 6.78. The number of allylic oxidation sites excluding steroid dienone is 3. The van der Waals surface area contributed by atoms with E-state index in [-0.39, 0.29) is 5.41 Å². The van der Waals surface area contributed by atoms with E-state index in [0.29, 0.717) is 5.92 Å². The van der Waals surface area contributed by atoms with Gasteiger partial charge in [-0.2, -0.15) is 0 Å². The highest BCUT2D eigenvalue weighted by Gasteiger charge is 2.23. The second kappa shape index (κ2) is 6.58. The number of aryl methyl sites for hydroxylation is 1. The van der Waals surface area contributed by atoms with Gasteiger partial charge in [0, 0.05) is 0 Å². The highest BCUT2D eigenvalue weighted by Crippen LogP contribution is 2.33. The first kappa shape index (κ1) is 14.8. The fraction of sp³-hybridized carbons (Fsp3) is 0.444. The minimum absolute atomic E-state index is 0.159. The fourth-order valence-electron chi connectivity index (χ4n) is 2.19. The molecule has 0 heteroatoms. The molecule has 0 heterocycles. The molecule has 1 unspecified atom stereocenters. The third-order valence-electron chi connectivity index (χ3n) is 3.60. The van der Waals surface area contributed by atoms with Gasteiger partial charge in [0.05, 0.1) is 0 Å². The van der Waals surface area contributed by atoms with Crippen molar-refractivity contribution < 1.29 is 0 Å². The Morgan fingerprint density at radius 2 is 1.83 bits per heavy atom. The summed E-state index contributed by atoms with van der Waals surface area (Å²) in [5, 5.41) is 0. The van der Waals surface area contributed by atoms with Gasteiger partial charge in [-0.25, -0.2) is 0 Å². The molecule has 0 aliphatic heterocycles. The van der Waals surface area contributed by atoms with E-state index in [1.54, 1.807) is 0 Å². The summed E-state index contributed by atoms with van der Waals surface area (Å²) in [6.45, 7) is 12.9. The number of rotatable bonds is 6. The molecule has 0 saturated heterocycles. The molecule has 0 aliphatic rings. The molecule has 1 rings (SSSR count). The summed E-state index contributed by atoms with van der Waals surface area (Å²) in [5.41, 5.74) is 2.97. The van der Waals surface area contributed by atoms with Crippen LogP contribution in [0.4, 0.5) is 0 Å². The normalized spacial score (nSPS) is 12.9. The van der Waals surface area contributed by atoms with Crippen LogP contribution in [0, 0.1) is 11.3 Å². The predicted octanol–water partition coefficient (Wildman–Crippen LogP) is 5.41. The Kier molecular flexibility index (Phi) is 5.40. The van der Waals surface area contributed by atoms with Crippen LogP contribution in [-0.4, -0.2) is 0 Å². The van der Waals surface area contributed by atoms with Crippen molar-refractivity contribution in [3.05, 3.63) is 60.2 Å². The Labute approximate surface area is 112 Å². The SMILES string of the molecule is C=CC(C)(C)C(C=C(C)C)CCc1ccccc1. The molecule has 0 bridgehead atoms. The van der Waals surface area contributed by atoms with Crippen LogP contribution in [0.25, 0.3) is 0 Å². The van der Waals surface area contributed by atoms with Crippen molar-refractivity contribution in [2.24, 2.45) is 11.3 Å². The van der Waals surface area contributed by atoms with Crippen LogP contribution < -0.4 is 0 Å². The molecular weight excluding hydrogens is 216 g/mol. The molecule has 0 saturated carbocycles. The Bertz CT molecular complexity index is 391. The zero-order valence-corrected chi connectivity index (χ0v) is 12.2. The van der Waals surface area contributed by atoms with Crippen LogP contribution in [-0.2, 0) is 6.42 Å². The van der Waals surface area contributed by atoms with Gasteiger partial charge in [-0.3, -0.25) is 0 Å². The van der Waals surface area contributed by atoms with Gasteiger partial charge >= 0.3 is 0 Å². The third-order valence-corrected chi connectivity index (χ3v) is 3.60. The van der Waals surface area contributed by atoms with Crippen LogP contribution in [0.1, 0.15) is 39.7 Å². The maximum Gasteiger partial charge on any atom is -0.0115 e. The quantitative estimate of drug-likeness (QED) is 0.585. The van der Waals surface area contributed by atoms with E-state index in [1.807, 2.05) is 0 Å². The van der Waals surface area contributed by atoms with E-state index in [0.717, 1.165) is 6.42 Å². The van der Waals surface area contributed by atoms with Gasteiger partial charge in [-0.05, 0) is 43.6 Å². The van der Waals surface area contributed by atoms with Crippen molar-refractivity contribution >= 4 is 0 Å². The van der Waals surface area contributed by atoms with Crippen LogP contribution in [0.3, 0.4) is 0 Å². The third kappa shape index (κ3) is 4.52. The molecule has 1 atom stereocenters. The summed E-state index contributed by atoms with van der Waals surface area (Å²) in [6, 6.07) is 10.7. The Balaban J connectivity index is 2.74. The van der Waals surface area contributed by atoms with Crippen LogP contribution in [0.15, 0.2) is 54.6 Å². The highest BCUT2D eigenvalue weighted by molar-refractivity contribution is 5.16. The van der Waals surface area contributed by atoms with Crippen molar-refractivity contribution in [2.75, 3.05) is 0 Å².